The van der Waals surface area contributed by atoms with Crippen molar-refractivity contribution in [1.82, 2.24) is 4.57 Å². The van der Waals surface area contributed by atoms with Crippen molar-refractivity contribution in [3.8, 4) is 0 Å². The lowest BCUT2D eigenvalue weighted by atomic mass is 10.2. The maximum absolute atomic E-state index is 11.3. The third-order valence-corrected chi connectivity index (χ3v) is 3.76. The Hall–Kier alpha value is -0.590. The fourth-order valence-electron chi connectivity index (χ4n) is 2.41. The molecule has 0 saturated heterocycles. The second-order valence-corrected chi connectivity index (χ2v) is 5.30. The van der Waals surface area contributed by atoms with Crippen LogP contribution in [0, 0.1) is 6.92 Å². The summed E-state index contributed by atoms with van der Waals surface area (Å²) in [6, 6.07) is 0. The topological polar surface area (TPSA) is 35.1 Å². The van der Waals surface area contributed by atoms with Gasteiger partial charge in [-0.3, -0.25) is 4.79 Å². The number of methoxy groups -OCH3 is 1. The van der Waals surface area contributed by atoms with Gasteiger partial charge < -0.3 is 28.7 Å². The van der Waals surface area contributed by atoms with Crippen LogP contribution in [0.1, 0.15) is 57.5 Å². The van der Waals surface area contributed by atoms with Gasteiger partial charge >= 0.3 is 5.97 Å². The third kappa shape index (κ3) is 6.36. The van der Waals surface area contributed by atoms with Gasteiger partial charge in [-0.25, -0.2) is 9.13 Å². The van der Waals surface area contributed by atoms with Crippen LogP contribution in [0.25, 0.3) is 0 Å². The summed E-state index contributed by atoms with van der Waals surface area (Å²) in [5, 5.41) is 0. The Morgan fingerprint density at radius 1 is 1.29 bits per heavy atom. The van der Waals surface area contributed by atoms with E-state index in [2.05, 4.69) is 36.1 Å². The number of rotatable bonds is 9. The summed E-state index contributed by atoms with van der Waals surface area (Å²) in [5.74, 6) is 1.16. The smallest absolute Gasteiger partial charge is 0.305 e. The molecule has 0 atom stereocenters. The lowest BCUT2D eigenvalue weighted by Crippen LogP contribution is -3.00. The molecule has 4 nitrogen and oxygen atoms in total. The fraction of sp³-hybridized carbons (Fsp3) is 0.750. The minimum absolute atomic E-state index is 0. The number of aryl methyl sites for hydroxylation is 2. The first-order valence-electron chi connectivity index (χ1n) is 7.79. The quantitative estimate of drug-likeness (QED) is 0.322. The van der Waals surface area contributed by atoms with Crippen molar-refractivity contribution < 1.29 is 38.1 Å². The number of carbonyl (C=O) groups is 1. The predicted octanol–water partition coefficient (Wildman–Crippen LogP) is -0.206. The molecular weight excluding hydrogens is 379 g/mol. The van der Waals surface area contributed by atoms with Crippen LogP contribution in [0.15, 0.2) is 6.20 Å². The molecule has 0 aliphatic heterocycles. The van der Waals surface area contributed by atoms with Gasteiger partial charge in [0, 0.05) is 13.3 Å². The Labute approximate surface area is 145 Å². The van der Waals surface area contributed by atoms with Gasteiger partial charge in [-0.2, -0.15) is 0 Å². The number of ether oxygens (including phenoxy) is 1. The molecule has 1 rings (SSSR count). The predicted molar refractivity (Wildman–Crippen MR) is 79.5 cm³/mol. The Bertz CT molecular complexity index is 430. The van der Waals surface area contributed by atoms with E-state index in [1.807, 2.05) is 0 Å². The van der Waals surface area contributed by atoms with Gasteiger partial charge in [0.25, 0.3) is 5.82 Å². The van der Waals surface area contributed by atoms with Crippen molar-refractivity contribution in [1.29, 1.82) is 0 Å². The summed E-state index contributed by atoms with van der Waals surface area (Å²) in [6.45, 7) is 8.69. The summed E-state index contributed by atoms with van der Waals surface area (Å²) >= 11 is 0. The molecule has 122 valence electrons. The van der Waals surface area contributed by atoms with Crippen LogP contribution in [0.3, 0.4) is 0 Å². The molecule has 0 unspecified atom stereocenters. The van der Waals surface area contributed by atoms with Gasteiger partial charge in [-0.1, -0.05) is 26.7 Å². The minimum Gasteiger partial charge on any atom is -1.00 e. The van der Waals surface area contributed by atoms with Crippen molar-refractivity contribution in [3.05, 3.63) is 17.7 Å². The monoisotopic (exact) mass is 408 g/mol. The number of hydrogen-bond donors (Lipinski definition) is 0. The Morgan fingerprint density at radius 2 is 1.95 bits per heavy atom. The molecule has 0 aliphatic rings. The van der Waals surface area contributed by atoms with E-state index in [0.29, 0.717) is 6.42 Å². The van der Waals surface area contributed by atoms with Gasteiger partial charge in [-0.15, -0.1) is 0 Å². The maximum atomic E-state index is 11.3. The number of nitrogens with zero attached hydrogens (tertiary/aromatic N) is 2. The van der Waals surface area contributed by atoms with Crippen LogP contribution in [-0.4, -0.2) is 17.6 Å². The van der Waals surface area contributed by atoms with E-state index in [-0.39, 0.29) is 29.9 Å². The zero-order valence-electron chi connectivity index (χ0n) is 13.8. The number of aromatic nitrogens is 2. The molecule has 5 heteroatoms. The highest BCUT2D eigenvalue weighted by Crippen LogP contribution is 2.09. The lowest BCUT2D eigenvalue weighted by Gasteiger charge is -2.03. The SMILES string of the molecule is CCCCn1c(CCC(=O)OC)c[n+](CCCC)c1C.[I-]. The largest absolute Gasteiger partial charge is 1.00 e. The van der Waals surface area contributed by atoms with E-state index in [1.165, 1.54) is 44.3 Å². The Kier molecular flexibility index (Phi) is 10.7. The zero-order valence-corrected chi connectivity index (χ0v) is 16.0. The van der Waals surface area contributed by atoms with E-state index in [9.17, 15) is 4.79 Å². The highest BCUT2D eigenvalue weighted by atomic mass is 127. The van der Waals surface area contributed by atoms with Crippen molar-refractivity contribution in [2.24, 2.45) is 0 Å². The average molecular weight is 408 g/mol. The summed E-state index contributed by atoms with van der Waals surface area (Å²) in [6.07, 6.45) is 8.18. The Morgan fingerprint density at radius 3 is 2.52 bits per heavy atom. The average Bonchev–Trinajstić information content (AvgIpc) is 2.76. The molecule has 1 aromatic heterocycles. The van der Waals surface area contributed by atoms with E-state index >= 15 is 0 Å². The van der Waals surface area contributed by atoms with Crippen molar-refractivity contribution in [3.63, 3.8) is 0 Å². The van der Waals surface area contributed by atoms with Crippen LogP contribution in [0.5, 0.6) is 0 Å². The second kappa shape index (κ2) is 11.0. The minimum atomic E-state index is -0.133. The maximum Gasteiger partial charge on any atom is 0.305 e. The first-order valence-corrected chi connectivity index (χ1v) is 7.79. The van der Waals surface area contributed by atoms with Crippen LogP contribution in [0.2, 0.25) is 0 Å². The third-order valence-electron chi connectivity index (χ3n) is 3.76. The molecule has 0 N–H and O–H groups in total. The highest BCUT2D eigenvalue weighted by Gasteiger charge is 2.19. The molecule has 1 aromatic rings. The summed E-state index contributed by atoms with van der Waals surface area (Å²) in [5.41, 5.74) is 1.25. The lowest BCUT2D eigenvalue weighted by molar-refractivity contribution is -0.703. The summed E-state index contributed by atoms with van der Waals surface area (Å²) in [4.78, 5) is 11.3. The van der Waals surface area contributed by atoms with Crippen LogP contribution < -0.4 is 28.5 Å². The molecule has 1 heterocycles. The van der Waals surface area contributed by atoms with Crippen LogP contribution >= 0.6 is 0 Å². The van der Waals surface area contributed by atoms with E-state index < -0.39 is 0 Å². The standard InChI is InChI=1S/C16H29N2O2.HI/c1-5-7-11-17-13-15(9-10-16(19)20-4)18(14(17)3)12-8-6-2;/h13H,5-12H2,1-4H3;1H/q+1;/p-1. The van der Waals surface area contributed by atoms with Crippen LogP contribution in [-0.2, 0) is 29.0 Å². The molecular formula is C16H29IN2O2. The van der Waals surface area contributed by atoms with Gasteiger partial charge in [-0.05, 0) is 12.8 Å². The number of halogens is 1. The first kappa shape index (κ1) is 20.4. The van der Waals surface area contributed by atoms with Gasteiger partial charge in [0.1, 0.15) is 11.9 Å². The molecule has 0 saturated carbocycles. The molecule has 21 heavy (non-hydrogen) atoms. The van der Waals surface area contributed by atoms with Gasteiger partial charge in [0.15, 0.2) is 0 Å². The number of carbonyl (C=O) groups excluding carboxylic acids is 1. The first-order chi connectivity index (χ1) is 9.63. The number of unbranched alkanes of at least 4 members (excludes halogenated alkanes) is 2. The van der Waals surface area contributed by atoms with Crippen molar-refractivity contribution in [2.45, 2.75) is 72.4 Å². The number of hydrogen-bond acceptors (Lipinski definition) is 2. The molecule has 0 radical (unpaired) electrons. The summed E-state index contributed by atoms with van der Waals surface area (Å²) in [7, 11) is 1.45. The zero-order chi connectivity index (χ0) is 15.0. The van der Waals surface area contributed by atoms with E-state index in [0.717, 1.165) is 19.5 Å². The van der Waals surface area contributed by atoms with Crippen LogP contribution in [0.4, 0.5) is 0 Å². The van der Waals surface area contributed by atoms with Gasteiger partial charge in [0.05, 0.1) is 26.6 Å². The fourth-order valence-corrected chi connectivity index (χ4v) is 2.41. The van der Waals surface area contributed by atoms with E-state index in [4.69, 9.17) is 4.74 Å². The highest BCUT2D eigenvalue weighted by molar-refractivity contribution is 5.69. The van der Waals surface area contributed by atoms with E-state index in [1.54, 1.807) is 0 Å². The molecule has 0 fully saturated rings. The van der Waals surface area contributed by atoms with Crippen molar-refractivity contribution in [2.75, 3.05) is 7.11 Å². The molecule has 0 spiro atoms. The number of esters is 1. The normalized spacial score (nSPS) is 10.3. The molecule has 0 bridgehead atoms. The van der Waals surface area contributed by atoms with Crippen molar-refractivity contribution >= 4 is 5.97 Å². The van der Waals surface area contributed by atoms with Gasteiger partial charge in [0.2, 0.25) is 0 Å². The molecule has 0 aliphatic carbocycles. The number of imidazole rings is 1. The Balaban J connectivity index is 0.00000400. The molecule has 0 aromatic carbocycles. The second-order valence-electron chi connectivity index (χ2n) is 5.30. The molecule has 0 amide bonds. The summed E-state index contributed by atoms with van der Waals surface area (Å²) < 4.78 is 9.43.